The molecule has 0 bridgehead atoms. The lowest BCUT2D eigenvalue weighted by atomic mass is 10.00. The molecule has 6 nitrogen and oxygen atoms in total. The first kappa shape index (κ1) is 21.2. The van der Waals surface area contributed by atoms with Gasteiger partial charge in [-0.25, -0.2) is 9.18 Å². The second kappa shape index (κ2) is 8.21. The normalized spacial score (nSPS) is 16.2. The van der Waals surface area contributed by atoms with E-state index >= 15 is 0 Å². The summed E-state index contributed by atoms with van der Waals surface area (Å²) in [6.07, 6.45) is 0.994. The number of rotatable bonds is 2. The van der Waals surface area contributed by atoms with Crippen LogP contribution in [0, 0.1) is 5.82 Å². The van der Waals surface area contributed by atoms with E-state index in [1.807, 2.05) is 32.9 Å². The van der Waals surface area contributed by atoms with Gasteiger partial charge in [-0.3, -0.25) is 4.79 Å². The number of fused-ring (bicyclic) bond motifs is 2. The highest BCUT2D eigenvalue weighted by Gasteiger charge is 2.30. The Labute approximate surface area is 181 Å². The third-order valence-corrected chi connectivity index (χ3v) is 5.46. The molecule has 164 valence electrons. The Morgan fingerprint density at radius 2 is 1.81 bits per heavy atom. The largest absolute Gasteiger partial charge is 0.482 e. The van der Waals surface area contributed by atoms with Crippen LogP contribution in [0.15, 0.2) is 36.4 Å². The van der Waals surface area contributed by atoms with Crippen molar-refractivity contribution in [1.29, 1.82) is 0 Å². The first-order chi connectivity index (χ1) is 14.7. The lowest BCUT2D eigenvalue weighted by Gasteiger charge is -2.30. The van der Waals surface area contributed by atoms with Crippen LogP contribution in [0.25, 0.3) is 0 Å². The molecule has 0 atom stereocenters. The van der Waals surface area contributed by atoms with Gasteiger partial charge in [-0.2, -0.15) is 0 Å². The first-order valence-electron chi connectivity index (χ1n) is 10.5. The molecule has 2 aliphatic heterocycles. The highest BCUT2D eigenvalue weighted by Crippen LogP contribution is 2.37. The molecule has 0 aromatic heterocycles. The van der Waals surface area contributed by atoms with Crippen LogP contribution in [-0.2, 0) is 28.9 Å². The number of anilines is 1. The van der Waals surface area contributed by atoms with E-state index in [2.05, 4.69) is 0 Å². The average Bonchev–Trinajstić information content (AvgIpc) is 2.91. The van der Waals surface area contributed by atoms with Crippen molar-refractivity contribution < 1.29 is 23.5 Å². The molecule has 0 aliphatic carbocycles. The molecule has 2 aliphatic rings. The topological polar surface area (TPSA) is 59.1 Å². The fourth-order valence-corrected chi connectivity index (χ4v) is 3.90. The number of benzene rings is 2. The zero-order valence-electron chi connectivity index (χ0n) is 18.1. The second-order valence-electron chi connectivity index (χ2n) is 8.92. The number of halogens is 1. The van der Waals surface area contributed by atoms with Gasteiger partial charge in [-0.05, 0) is 62.9 Å². The molecule has 0 saturated heterocycles. The highest BCUT2D eigenvalue weighted by molar-refractivity contribution is 5.98. The molecule has 4 rings (SSSR count). The number of hydrogen-bond acceptors (Lipinski definition) is 4. The minimum Gasteiger partial charge on any atom is -0.482 e. The van der Waals surface area contributed by atoms with Crippen LogP contribution in [-0.4, -0.2) is 42.2 Å². The van der Waals surface area contributed by atoms with E-state index in [0.29, 0.717) is 42.9 Å². The number of carbonyl (C=O) groups excluding carboxylic acids is 2. The van der Waals surface area contributed by atoms with Crippen LogP contribution in [0.1, 0.15) is 37.5 Å². The third kappa shape index (κ3) is 4.65. The predicted molar refractivity (Wildman–Crippen MR) is 115 cm³/mol. The average molecular weight is 426 g/mol. The smallest absolute Gasteiger partial charge is 0.410 e. The van der Waals surface area contributed by atoms with Crippen LogP contribution >= 0.6 is 0 Å². The summed E-state index contributed by atoms with van der Waals surface area (Å²) in [7, 11) is 0. The first-order valence-corrected chi connectivity index (χ1v) is 10.5. The lowest BCUT2D eigenvalue weighted by Crippen LogP contribution is -2.38. The Hall–Kier alpha value is -3.09. The SMILES string of the molecule is CC(C)(C)OC(=O)N1CCc2cc3c(cc2CC1)N(Cc1ccccc1F)C(=O)CO3. The number of ether oxygens (including phenoxy) is 2. The molecule has 31 heavy (non-hydrogen) atoms. The van der Waals surface area contributed by atoms with Gasteiger partial charge in [0, 0.05) is 18.7 Å². The molecular weight excluding hydrogens is 399 g/mol. The summed E-state index contributed by atoms with van der Waals surface area (Å²) in [5.74, 6) is 0.0613. The van der Waals surface area contributed by atoms with Crippen LogP contribution < -0.4 is 9.64 Å². The van der Waals surface area contributed by atoms with Gasteiger partial charge < -0.3 is 19.3 Å². The maximum absolute atomic E-state index is 14.2. The molecule has 0 saturated carbocycles. The molecular formula is C24H27FN2O4. The van der Waals surface area contributed by atoms with Gasteiger partial charge in [0.2, 0.25) is 0 Å². The molecule has 2 amide bonds. The Morgan fingerprint density at radius 3 is 2.48 bits per heavy atom. The summed E-state index contributed by atoms with van der Waals surface area (Å²) in [5.41, 5.74) is 2.70. The van der Waals surface area contributed by atoms with E-state index in [0.717, 1.165) is 11.1 Å². The fourth-order valence-electron chi connectivity index (χ4n) is 3.90. The van der Waals surface area contributed by atoms with Gasteiger partial charge in [0.25, 0.3) is 5.91 Å². The quantitative estimate of drug-likeness (QED) is 0.726. The van der Waals surface area contributed by atoms with Crippen LogP contribution in [0.3, 0.4) is 0 Å². The van der Waals surface area contributed by atoms with Crippen LogP contribution in [0.4, 0.5) is 14.9 Å². The van der Waals surface area contributed by atoms with Gasteiger partial charge in [-0.1, -0.05) is 18.2 Å². The number of nitrogens with zero attached hydrogens (tertiary/aromatic N) is 2. The lowest BCUT2D eigenvalue weighted by molar-refractivity contribution is -0.121. The summed E-state index contributed by atoms with van der Waals surface area (Å²) in [5, 5.41) is 0. The van der Waals surface area contributed by atoms with E-state index in [4.69, 9.17) is 9.47 Å². The van der Waals surface area contributed by atoms with Crippen LogP contribution in [0.5, 0.6) is 5.75 Å². The summed E-state index contributed by atoms with van der Waals surface area (Å²) in [6.45, 7) is 6.70. The zero-order valence-corrected chi connectivity index (χ0v) is 18.1. The summed E-state index contributed by atoms with van der Waals surface area (Å²) in [6, 6.07) is 10.4. The standard InChI is InChI=1S/C24H27FN2O4/c1-24(2,3)31-23(29)26-10-8-16-12-20-21(13-17(16)9-11-26)30-15-22(28)27(20)14-18-6-4-5-7-19(18)25/h4-7,12-13H,8-11,14-15H2,1-3H3. The molecule has 2 heterocycles. The zero-order chi connectivity index (χ0) is 22.2. The van der Waals surface area contributed by atoms with Gasteiger partial charge in [-0.15, -0.1) is 0 Å². The maximum Gasteiger partial charge on any atom is 0.410 e. The van der Waals surface area contributed by atoms with Gasteiger partial charge in [0.1, 0.15) is 17.2 Å². The fraction of sp³-hybridized carbons (Fsp3) is 0.417. The molecule has 7 heteroatoms. The third-order valence-electron chi connectivity index (χ3n) is 5.46. The highest BCUT2D eigenvalue weighted by atomic mass is 19.1. The molecule has 0 unspecified atom stereocenters. The number of carbonyl (C=O) groups is 2. The second-order valence-corrected chi connectivity index (χ2v) is 8.92. The Balaban J connectivity index is 1.58. The van der Waals surface area contributed by atoms with Crippen molar-refractivity contribution in [2.75, 3.05) is 24.6 Å². The van der Waals surface area contributed by atoms with E-state index in [9.17, 15) is 14.0 Å². The monoisotopic (exact) mass is 426 g/mol. The van der Waals surface area contributed by atoms with Crippen LogP contribution in [0.2, 0.25) is 0 Å². The Morgan fingerprint density at radius 1 is 1.13 bits per heavy atom. The van der Waals surface area contributed by atoms with E-state index in [1.165, 1.54) is 6.07 Å². The minimum atomic E-state index is -0.545. The molecule has 0 N–H and O–H groups in total. The van der Waals surface area contributed by atoms with Crippen molar-refractivity contribution in [3.8, 4) is 5.75 Å². The Bertz CT molecular complexity index is 1020. The van der Waals surface area contributed by atoms with Crippen molar-refractivity contribution in [3.05, 3.63) is 58.9 Å². The van der Waals surface area contributed by atoms with E-state index in [1.54, 1.807) is 28.0 Å². The summed E-state index contributed by atoms with van der Waals surface area (Å²) in [4.78, 5) is 28.4. The molecule has 2 aromatic carbocycles. The Kier molecular flexibility index (Phi) is 5.60. The van der Waals surface area contributed by atoms with Crippen molar-refractivity contribution in [2.45, 2.75) is 45.8 Å². The molecule has 2 aromatic rings. The van der Waals surface area contributed by atoms with Gasteiger partial charge in [0.05, 0.1) is 12.2 Å². The van der Waals surface area contributed by atoms with Crippen molar-refractivity contribution >= 4 is 17.7 Å². The summed E-state index contributed by atoms with van der Waals surface area (Å²) >= 11 is 0. The summed E-state index contributed by atoms with van der Waals surface area (Å²) < 4.78 is 25.4. The van der Waals surface area contributed by atoms with E-state index < -0.39 is 5.60 Å². The van der Waals surface area contributed by atoms with Crippen molar-refractivity contribution in [1.82, 2.24) is 4.90 Å². The minimum absolute atomic E-state index is 0.0791. The molecule has 0 fully saturated rings. The van der Waals surface area contributed by atoms with Gasteiger partial charge in [0.15, 0.2) is 6.61 Å². The van der Waals surface area contributed by atoms with E-state index in [-0.39, 0.29) is 31.0 Å². The molecule has 0 radical (unpaired) electrons. The number of hydrogen-bond donors (Lipinski definition) is 0. The predicted octanol–water partition coefficient (Wildman–Crippen LogP) is 4.09. The van der Waals surface area contributed by atoms with Gasteiger partial charge >= 0.3 is 6.09 Å². The molecule has 0 spiro atoms. The number of amides is 2. The van der Waals surface area contributed by atoms with Crippen molar-refractivity contribution in [2.24, 2.45) is 0 Å². The van der Waals surface area contributed by atoms with Crippen molar-refractivity contribution in [3.63, 3.8) is 0 Å². The maximum atomic E-state index is 14.2.